The van der Waals surface area contributed by atoms with Crippen LogP contribution in [-0.4, -0.2) is 42.8 Å². The summed E-state index contributed by atoms with van der Waals surface area (Å²) in [6, 6.07) is 0. The van der Waals surface area contributed by atoms with Crippen LogP contribution in [0.2, 0.25) is 0 Å². The number of hydrogen-bond acceptors (Lipinski definition) is 3. The van der Waals surface area contributed by atoms with E-state index in [2.05, 4.69) is 16.6 Å². The number of nitrogens with zero attached hydrogens (tertiary/aromatic N) is 1. The molecule has 0 aromatic carbocycles. The highest BCUT2D eigenvalue weighted by Gasteiger charge is 2.15. The zero-order chi connectivity index (χ0) is 15.6. The second-order valence-electron chi connectivity index (χ2n) is 6.90. The van der Waals surface area contributed by atoms with Gasteiger partial charge in [0.1, 0.15) is 5.60 Å². The third-order valence-corrected chi connectivity index (χ3v) is 3.62. The van der Waals surface area contributed by atoms with E-state index in [-0.39, 0.29) is 6.09 Å². The maximum atomic E-state index is 11.4. The minimum Gasteiger partial charge on any atom is -0.444 e. The Kier molecular flexibility index (Phi) is 8.74. The van der Waals surface area contributed by atoms with Crippen LogP contribution >= 0.6 is 0 Å². The van der Waals surface area contributed by atoms with Crippen molar-refractivity contribution in [3.8, 4) is 0 Å². The Morgan fingerprint density at radius 1 is 1.10 bits per heavy atom. The number of ether oxygens (including phenoxy) is 1. The van der Waals surface area contributed by atoms with Crippen LogP contribution in [-0.2, 0) is 4.74 Å². The maximum absolute atomic E-state index is 11.4. The van der Waals surface area contributed by atoms with Gasteiger partial charge in [-0.05, 0) is 72.5 Å². The van der Waals surface area contributed by atoms with Gasteiger partial charge in [0.05, 0.1) is 0 Å². The van der Waals surface area contributed by atoms with Gasteiger partial charge in [0.15, 0.2) is 0 Å². The molecule has 0 saturated carbocycles. The Balaban J connectivity index is 1.85. The van der Waals surface area contributed by atoms with Crippen molar-refractivity contribution >= 4 is 6.09 Å². The molecule has 1 saturated heterocycles. The lowest BCUT2D eigenvalue weighted by Gasteiger charge is -2.26. The topological polar surface area (TPSA) is 41.6 Å². The monoisotopic (exact) mass is 297 g/mol. The minimum absolute atomic E-state index is 0.301. The van der Waals surface area contributed by atoms with Gasteiger partial charge in [-0.2, -0.15) is 0 Å². The molecule has 0 unspecified atom stereocenters. The average molecular weight is 297 g/mol. The SMILES string of the molecule is CC(C)(C)OC(=O)NCCCCCCCN1CC[CH]CC1. The number of unbranched alkanes of at least 4 members (excludes halogenated alkanes) is 4. The van der Waals surface area contributed by atoms with Crippen molar-refractivity contribution in [2.75, 3.05) is 26.2 Å². The second-order valence-corrected chi connectivity index (χ2v) is 6.90. The predicted octanol–water partition coefficient (Wildman–Crippen LogP) is 3.76. The maximum Gasteiger partial charge on any atom is 0.407 e. The van der Waals surface area contributed by atoms with Crippen LogP contribution in [0, 0.1) is 6.42 Å². The van der Waals surface area contributed by atoms with Crippen LogP contribution < -0.4 is 5.32 Å². The third-order valence-electron chi connectivity index (χ3n) is 3.62. The molecule has 1 radical (unpaired) electrons. The Bertz CT molecular complexity index is 281. The minimum atomic E-state index is -0.406. The molecule has 0 aromatic rings. The Hall–Kier alpha value is -0.770. The number of carbonyl (C=O) groups excluding carboxylic acids is 1. The highest BCUT2D eigenvalue weighted by molar-refractivity contribution is 5.67. The number of hydrogen-bond donors (Lipinski definition) is 1. The quantitative estimate of drug-likeness (QED) is 0.694. The number of alkyl carbamates (subject to hydrolysis) is 1. The molecular weight excluding hydrogens is 264 g/mol. The van der Waals surface area contributed by atoms with Crippen molar-refractivity contribution in [1.29, 1.82) is 0 Å². The summed E-state index contributed by atoms with van der Waals surface area (Å²) in [5.41, 5.74) is -0.406. The zero-order valence-electron chi connectivity index (χ0n) is 14.1. The molecule has 21 heavy (non-hydrogen) atoms. The Morgan fingerprint density at radius 2 is 1.71 bits per heavy atom. The van der Waals surface area contributed by atoms with Gasteiger partial charge in [-0.15, -0.1) is 0 Å². The lowest BCUT2D eigenvalue weighted by atomic mass is 10.1. The smallest absolute Gasteiger partial charge is 0.407 e. The molecule has 1 N–H and O–H groups in total. The van der Waals surface area contributed by atoms with Gasteiger partial charge in [-0.3, -0.25) is 0 Å². The second kappa shape index (κ2) is 10.0. The van der Waals surface area contributed by atoms with Crippen molar-refractivity contribution in [3.63, 3.8) is 0 Å². The van der Waals surface area contributed by atoms with E-state index in [4.69, 9.17) is 4.74 Å². The molecule has 0 atom stereocenters. The van der Waals surface area contributed by atoms with Crippen molar-refractivity contribution < 1.29 is 9.53 Å². The molecule has 123 valence electrons. The van der Waals surface area contributed by atoms with E-state index in [1.54, 1.807) is 0 Å². The van der Waals surface area contributed by atoms with Gasteiger partial charge in [-0.1, -0.05) is 19.3 Å². The Morgan fingerprint density at radius 3 is 2.38 bits per heavy atom. The summed E-state index contributed by atoms with van der Waals surface area (Å²) in [6.45, 7) is 10.1. The zero-order valence-corrected chi connectivity index (χ0v) is 14.1. The summed E-state index contributed by atoms with van der Waals surface area (Å²) in [7, 11) is 0. The summed E-state index contributed by atoms with van der Waals surface area (Å²) in [5, 5.41) is 2.81. The van der Waals surface area contributed by atoms with Gasteiger partial charge in [-0.25, -0.2) is 4.79 Å². The van der Waals surface area contributed by atoms with Crippen LogP contribution in [0.5, 0.6) is 0 Å². The molecular formula is C17H33N2O2. The first kappa shape index (κ1) is 18.3. The number of amides is 1. The van der Waals surface area contributed by atoms with Crippen LogP contribution in [0.15, 0.2) is 0 Å². The van der Waals surface area contributed by atoms with E-state index in [9.17, 15) is 4.79 Å². The molecule has 0 aliphatic carbocycles. The normalized spacial score (nSPS) is 16.7. The summed E-state index contributed by atoms with van der Waals surface area (Å²) in [5.74, 6) is 0. The highest BCUT2D eigenvalue weighted by atomic mass is 16.6. The van der Waals surface area contributed by atoms with E-state index in [1.165, 1.54) is 58.2 Å². The van der Waals surface area contributed by atoms with Gasteiger partial charge < -0.3 is 15.0 Å². The highest BCUT2D eigenvalue weighted by Crippen LogP contribution is 2.10. The molecule has 1 rings (SSSR count). The third kappa shape index (κ3) is 10.6. The predicted molar refractivity (Wildman–Crippen MR) is 87.3 cm³/mol. The fraction of sp³-hybridized carbons (Fsp3) is 0.882. The molecule has 1 aliphatic rings. The number of rotatable bonds is 8. The largest absolute Gasteiger partial charge is 0.444 e. The molecule has 1 fully saturated rings. The first-order valence-electron chi connectivity index (χ1n) is 8.48. The fourth-order valence-electron chi connectivity index (χ4n) is 2.52. The average Bonchev–Trinajstić information content (AvgIpc) is 2.41. The van der Waals surface area contributed by atoms with E-state index < -0.39 is 5.60 Å². The van der Waals surface area contributed by atoms with Gasteiger partial charge >= 0.3 is 6.09 Å². The first-order chi connectivity index (χ1) is 9.97. The van der Waals surface area contributed by atoms with Crippen LogP contribution in [0.25, 0.3) is 0 Å². The first-order valence-corrected chi connectivity index (χ1v) is 8.48. The molecule has 0 aromatic heterocycles. The van der Waals surface area contributed by atoms with E-state index in [0.717, 1.165) is 13.0 Å². The molecule has 0 bridgehead atoms. The van der Waals surface area contributed by atoms with Crippen molar-refractivity contribution in [2.45, 2.75) is 71.3 Å². The molecule has 4 nitrogen and oxygen atoms in total. The summed E-state index contributed by atoms with van der Waals surface area (Å²) < 4.78 is 5.19. The van der Waals surface area contributed by atoms with Crippen molar-refractivity contribution in [3.05, 3.63) is 6.42 Å². The van der Waals surface area contributed by atoms with Crippen LogP contribution in [0.4, 0.5) is 4.79 Å². The van der Waals surface area contributed by atoms with Gasteiger partial charge in [0.25, 0.3) is 0 Å². The van der Waals surface area contributed by atoms with E-state index >= 15 is 0 Å². The van der Waals surface area contributed by atoms with Crippen molar-refractivity contribution in [2.24, 2.45) is 0 Å². The molecule has 0 spiro atoms. The van der Waals surface area contributed by atoms with Crippen LogP contribution in [0.3, 0.4) is 0 Å². The standard InChI is InChI=1S/C17H33N2O2/c1-17(2,3)21-16(20)18-12-8-5-4-6-9-13-19-14-10-7-11-15-19/h7H,4-6,8-15H2,1-3H3,(H,18,20). The molecule has 4 heteroatoms. The molecule has 1 amide bonds. The summed E-state index contributed by atoms with van der Waals surface area (Å²) in [4.78, 5) is 14.0. The fourth-order valence-corrected chi connectivity index (χ4v) is 2.52. The lowest BCUT2D eigenvalue weighted by molar-refractivity contribution is 0.0527. The summed E-state index contributed by atoms with van der Waals surface area (Å²) >= 11 is 0. The lowest BCUT2D eigenvalue weighted by Crippen LogP contribution is -2.33. The number of carbonyl (C=O) groups is 1. The molecule has 1 aliphatic heterocycles. The number of nitrogens with one attached hydrogen (secondary N) is 1. The number of piperidine rings is 1. The van der Waals surface area contributed by atoms with Gasteiger partial charge in [0, 0.05) is 6.54 Å². The molecule has 1 heterocycles. The van der Waals surface area contributed by atoms with E-state index in [1.807, 2.05) is 20.8 Å². The van der Waals surface area contributed by atoms with E-state index in [0.29, 0.717) is 0 Å². The number of likely N-dealkylation sites (tertiary alicyclic amines) is 1. The van der Waals surface area contributed by atoms with Gasteiger partial charge in [0.2, 0.25) is 0 Å². The van der Waals surface area contributed by atoms with Crippen LogP contribution in [0.1, 0.15) is 65.7 Å². The summed E-state index contributed by atoms with van der Waals surface area (Å²) in [6.07, 6.45) is 10.7. The Labute approximate surface area is 130 Å². The van der Waals surface area contributed by atoms with Crippen molar-refractivity contribution in [1.82, 2.24) is 10.2 Å².